The second kappa shape index (κ2) is 23.8. The molecule has 0 heterocycles. The molecule has 0 N–H and O–H groups in total. The molecular formula is Al3O8P2Zn3. The van der Waals surface area contributed by atoms with Crippen LogP contribution >= 0.6 is 15.6 Å². The van der Waals surface area contributed by atoms with Gasteiger partial charge in [-0.3, -0.25) is 0 Å². The molecular weight excluding hydrogens is 467 g/mol. The number of hydrogen-bond donors (Lipinski definition) is 0. The largest absolute Gasteiger partial charge is 2.00 e. The second-order valence-corrected chi connectivity index (χ2v) is 2.68. The summed E-state index contributed by atoms with van der Waals surface area (Å²) in [5, 5.41) is 0. The molecule has 0 aliphatic rings. The van der Waals surface area contributed by atoms with Crippen LogP contribution in [-0.2, 0) is 67.6 Å². The molecule has 73 valence electrons. The number of hydrogen-bond acceptors (Lipinski definition) is 8. The summed E-state index contributed by atoms with van der Waals surface area (Å²) in [6, 6.07) is 0. The predicted octanol–water partition coefficient (Wildman–Crippen LogP) is -6.80. The van der Waals surface area contributed by atoms with E-state index in [2.05, 4.69) is 0 Å². The maximum absolute atomic E-state index is 8.55. The van der Waals surface area contributed by atoms with Crippen LogP contribution in [0.25, 0.3) is 0 Å². The molecule has 16 heavy (non-hydrogen) atoms. The number of phosphoric acid groups is 2. The van der Waals surface area contributed by atoms with Gasteiger partial charge in [-0.1, -0.05) is 0 Å². The number of rotatable bonds is 0. The van der Waals surface area contributed by atoms with Gasteiger partial charge >= 0.3 is 58.4 Å². The molecule has 0 fully saturated rings. The van der Waals surface area contributed by atoms with Crippen molar-refractivity contribution in [2.45, 2.75) is 0 Å². The summed E-state index contributed by atoms with van der Waals surface area (Å²) in [6.45, 7) is 0. The van der Waals surface area contributed by atoms with Crippen LogP contribution < -0.4 is 29.4 Å². The van der Waals surface area contributed by atoms with E-state index >= 15 is 0 Å². The Balaban J connectivity index is -0.00000000970. The first-order valence-corrected chi connectivity index (χ1v) is 4.38. The topological polar surface area (TPSA) is 172 Å². The fourth-order valence-corrected chi connectivity index (χ4v) is 0. The summed E-state index contributed by atoms with van der Waals surface area (Å²) in [5.74, 6) is 0. The molecule has 0 amide bonds. The van der Waals surface area contributed by atoms with Gasteiger partial charge in [-0.15, -0.1) is 0 Å². The first-order chi connectivity index (χ1) is 4.00. The zero-order valence-corrected chi connectivity index (χ0v) is 22.2. The van der Waals surface area contributed by atoms with E-state index in [0.29, 0.717) is 0 Å². The van der Waals surface area contributed by atoms with Crippen molar-refractivity contribution in [1.29, 1.82) is 0 Å². The van der Waals surface area contributed by atoms with Gasteiger partial charge in [0.05, 0.1) is 0 Å². The Kier molecular flexibility index (Phi) is 74.7. The van der Waals surface area contributed by atoms with Gasteiger partial charge in [0.1, 0.15) is 0 Å². The average molecular weight is 467 g/mol. The Morgan fingerprint density at radius 2 is 0.500 bits per heavy atom. The van der Waals surface area contributed by atoms with Gasteiger partial charge in [-0.2, -0.15) is 15.6 Å². The SMILES string of the molecule is O=P([O-])([O-])[O-].O=P([O-])([O-])[O-].[Al].[Al].[Al].[Zn+2].[Zn+2].[Zn+2]. The fraction of sp³-hybridized carbons (Fsp3) is 0. The van der Waals surface area contributed by atoms with Gasteiger partial charge in [0.2, 0.25) is 0 Å². The molecule has 0 saturated heterocycles. The van der Waals surface area contributed by atoms with Crippen molar-refractivity contribution < 1.29 is 96.9 Å². The molecule has 9 radical (unpaired) electrons. The van der Waals surface area contributed by atoms with Crippen LogP contribution in [0, 0.1) is 0 Å². The maximum atomic E-state index is 8.55. The summed E-state index contributed by atoms with van der Waals surface area (Å²) < 4.78 is 17.1. The van der Waals surface area contributed by atoms with Crippen LogP contribution in [0.5, 0.6) is 0 Å². The Labute approximate surface area is 163 Å². The molecule has 16 heteroatoms. The Morgan fingerprint density at radius 1 is 0.500 bits per heavy atom. The van der Waals surface area contributed by atoms with E-state index in [4.69, 9.17) is 38.5 Å². The van der Waals surface area contributed by atoms with Crippen molar-refractivity contribution in [3.8, 4) is 0 Å². The van der Waals surface area contributed by atoms with Crippen LogP contribution in [0.3, 0.4) is 0 Å². The van der Waals surface area contributed by atoms with Gasteiger partial charge in [0, 0.05) is 52.1 Å². The summed E-state index contributed by atoms with van der Waals surface area (Å²) in [5.41, 5.74) is 0. The molecule has 0 aromatic carbocycles. The second-order valence-electron chi connectivity index (χ2n) is 0.894. The van der Waals surface area contributed by atoms with E-state index in [1.807, 2.05) is 0 Å². The summed E-state index contributed by atoms with van der Waals surface area (Å²) in [4.78, 5) is 51.3. The van der Waals surface area contributed by atoms with Crippen LogP contribution in [0.2, 0.25) is 0 Å². The Hall–Kier alpha value is 3.69. The molecule has 8 nitrogen and oxygen atoms in total. The van der Waals surface area contributed by atoms with Crippen LogP contribution in [0.15, 0.2) is 0 Å². The molecule has 0 unspecified atom stereocenters. The fourth-order valence-electron chi connectivity index (χ4n) is 0. The first-order valence-electron chi connectivity index (χ1n) is 1.46. The minimum absolute atomic E-state index is 0. The standard InChI is InChI=1S/3Al.2H3O4P.3Zn/c;;;2*1-5(2,3)4;;;/h;;;2*(H3,1,2,3,4);;;/q;;;;;3*+2/p-6. The Bertz CT molecular complexity index is 141. The van der Waals surface area contributed by atoms with Gasteiger partial charge in [0.15, 0.2) is 0 Å². The van der Waals surface area contributed by atoms with Crippen LogP contribution in [-0.4, -0.2) is 52.1 Å². The van der Waals surface area contributed by atoms with E-state index in [1.165, 1.54) is 0 Å². The third kappa shape index (κ3) is 362. The predicted molar refractivity (Wildman–Crippen MR) is 32.5 cm³/mol. The van der Waals surface area contributed by atoms with Gasteiger partial charge in [-0.05, 0) is 0 Å². The van der Waals surface area contributed by atoms with Gasteiger partial charge in [0.25, 0.3) is 0 Å². The zero-order chi connectivity index (χ0) is 9.00. The molecule has 0 aromatic heterocycles. The quantitative estimate of drug-likeness (QED) is 0.250. The maximum Gasteiger partial charge on any atom is 2.00 e. The molecule has 0 saturated carbocycles. The summed E-state index contributed by atoms with van der Waals surface area (Å²) in [6.07, 6.45) is 0. The third-order valence-corrected chi connectivity index (χ3v) is 0. The molecule has 0 spiro atoms. The van der Waals surface area contributed by atoms with E-state index < -0.39 is 15.6 Å². The van der Waals surface area contributed by atoms with Gasteiger partial charge < -0.3 is 38.5 Å². The molecule has 0 atom stereocenters. The molecule has 0 aliphatic carbocycles. The first kappa shape index (κ1) is 50.3. The smallest absolute Gasteiger partial charge is 0.822 e. The molecule has 0 aromatic rings. The minimum Gasteiger partial charge on any atom is -0.822 e. The summed E-state index contributed by atoms with van der Waals surface area (Å²) in [7, 11) is -10.8. The van der Waals surface area contributed by atoms with Crippen LogP contribution in [0.4, 0.5) is 0 Å². The van der Waals surface area contributed by atoms with Crippen molar-refractivity contribution in [2.75, 3.05) is 0 Å². The Morgan fingerprint density at radius 3 is 0.500 bits per heavy atom. The van der Waals surface area contributed by atoms with Crippen molar-refractivity contribution in [2.24, 2.45) is 0 Å². The normalized spacial score (nSPS) is 7.38. The molecule has 0 bridgehead atoms. The van der Waals surface area contributed by atoms with E-state index in [0.717, 1.165) is 0 Å². The minimum atomic E-state index is -5.39. The van der Waals surface area contributed by atoms with Crippen molar-refractivity contribution >= 4 is 67.7 Å². The third-order valence-electron chi connectivity index (χ3n) is 0. The molecule has 0 aliphatic heterocycles. The van der Waals surface area contributed by atoms with Crippen molar-refractivity contribution in [3.63, 3.8) is 0 Å². The van der Waals surface area contributed by atoms with Crippen LogP contribution in [0.1, 0.15) is 0 Å². The summed E-state index contributed by atoms with van der Waals surface area (Å²) >= 11 is 0. The average Bonchev–Trinajstić information content (AvgIpc) is 1.12. The van der Waals surface area contributed by atoms with Crippen molar-refractivity contribution in [1.82, 2.24) is 0 Å². The van der Waals surface area contributed by atoms with E-state index in [1.54, 1.807) is 0 Å². The molecule has 0 rings (SSSR count). The zero-order valence-electron chi connectivity index (χ0n) is 8.01. The van der Waals surface area contributed by atoms with E-state index in [-0.39, 0.29) is 111 Å². The van der Waals surface area contributed by atoms with E-state index in [9.17, 15) is 0 Å². The van der Waals surface area contributed by atoms with Crippen molar-refractivity contribution in [3.05, 3.63) is 0 Å². The monoisotopic (exact) mass is 463 g/mol. The van der Waals surface area contributed by atoms with Gasteiger partial charge in [-0.25, -0.2) is 0 Å².